The van der Waals surface area contributed by atoms with E-state index in [-0.39, 0.29) is 18.1 Å². The summed E-state index contributed by atoms with van der Waals surface area (Å²) in [7, 11) is 1.59. The van der Waals surface area contributed by atoms with Gasteiger partial charge in [0, 0.05) is 17.8 Å². The fourth-order valence-electron chi connectivity index (χ4n) is 1.53. The maximum Gasteiger partial charge on any atom is 0.271 e. The van der Waals surface area contributed by atoms with Crippen LogP contribution in [0, 0.1) is 10.1 Å². The first-order valence-electron chi connectivity index (χ1n) is 5.85. The van der Waals surface area contributed by atoms with E-state index in [1.54, 1.807) is 20.0 Å². The Balaban J connectivity index is 2.72. The fraction of sp³-hybridized carbons (Fsp3) is 0.333. The molecule has 3 N–H and O–H groups in total. The molecule has 0 aliphatic carbocycles. The molecule has 0 heterocycles. The summed E-state index contributed by atoms with van der Waals surface area (Å²) in [6.45, 7) is 1.55. The Morgan fingerprint density at radius 3 is 2.70 bits per heavy atom. The Hall–Kier alpha value is -2.48. The van der Waals surface area contributed by atoms with Crippen LogP contribution in [0.25, 0.3) is 0 Å². The first kappa shape index (κ1) is 15.6. The van der Waals surface area contributed by atoms with Crippen LogP contribution in [0.5, 0.6) is 0 Å². The van der Waals surface area contributed by atoms with Crippen molar-refractivity contribution in [1.29, 1.82) is 0 Å². The van der Waals surface area contributed by atoms with E-state index in [9.17, 15) is 19.7 Å². The lowest BCUT2D eigenvalue weighted by atomic mass is 10.2. The molecule has 20 heavy (non-hydrogen) atoms. The number of carbonyl (C=O) groups is 2. The predicted molar refractivity (Wildman–Crippen MR) is 73.0 cm³/mol. The van der Waals surface area contributed by atoms with Gasteiger partial charge in [0.1, 0.15) is 0 Å². The molecule has 1 aromatic rings. The Morgan fingerprint density at radius 1 is 1.50 bits per heavy atom. The van der Waals surface area contributed by atoms with Crippen molar-refractivity contribution < 1.29 is 14.5 Å². The number of carbonyl (C=O) groups excluding carboxylic acids is 2. The molecule has 0 saturated heterocycles. The second kappa shape index (κ2) is 6.62. The van der Waals surface area contributed by atoms with Gasteiger partial charge in [-0.25, -0.2) is 0 Å². The zero-order valence-electron chi connectivity index (χ0n) is 11.2. The Bertz CT molecular complexity index is 532. The Labute approximate surface area is 115 Å². The molecule has 0 aliphatic heterocycles. The van der Waals surface area contributed by atoms with E-state index >= 15 is 0 Å². The monoisotopic (exact) mass is 280 g/mol. The highest BCUT2D eigenvalue weighted by atomic mass is 16.6. The van der Waals surface area contributed by atoms with Gasteiger partial charge in [-0.3, -0.25) is 24.6 Å². The van der Waals surface area contributed by atoms with E-state index in [0.29, 0.717) is 5.69 Å². The van der Waals surface area contributed by atoms with Crippen molar-refractivity contribution in [3.63, 3.8) is 0 Å². The number of nitrogens with one attached hydrogen (secondary N) is 1. The van der Waals surface area contributed by atoms with Crippen LogP contribution in [-0.4, -0.2) is 41.3 Å². The minimum absolute atomic E-state index is 0.0521. The highest BCUT2D eigenvalue weighted by Gasteiger charge is 2.19. The van der Waals surface area contributed by atoms with Crippen LogP contribution >= 0.6 is 0 Å². The van der Waals surface area contributed by atoms with Crippen molar-refractivity contribution in [3.8, 4) is 0 Å². The van der Waals surface area contributed by atoms with Crippen LogP contribution in [0.3, 0.4) is 0 Å². The minimum Gasteiger partial charge on any atom is -0.369 e. The summed E-state index contributed by atoms with van der Waals surface area (Å²) >= 11 is 0. The Kier molecular flexibility index (Phi) is 5.15. The third-order valence-corrected chi connectivity index (χ3v) is 2.77. The van der Waals surface area contributed by atoms with Gasteiger partial charge in [0.25, 0.3) is 5.69 Å². The quantitative estimate of drug-likeness (QED) is 0.575. The van der Waals surface area contributed by atoms with Crippen LogP contribution in [0.15, 0.2) is 24.3 Å². The molecule has 0 bridgehead atoms. The van der Waals surface area contributed by atoms with Gasteiger partial charge in [-0.05, 0) is 20.0 Å². The van der Waals surface area contributed by atoms with E-state index < -0.39 is 16.9 Å². The van der Waals surface area contributed by atoms with Gasteiger partial charge in [0.2, 0.25) is 11.8 Å². The second-order valence-electron chi connectivity index (χ2n) is 4.35. The molecule has 2 amide bonds. The molecule has 0 fully saturated rings. The molecule has 8 heteroatoms. The van der Waals surface area contributed by atoms with Crippen LogP contribution in [0.4, 0.5) is 11.4 Å². The van der Waals surface area contributed by atoms with Gasteiger partial charge < -0.3 is 11.1 Å². The summed E-state index contributed by atoms with van der Waals surface area (Å²) in [6.07, 6.45) is 0. The predicted octanol–water partition coefficient (Wildman–Crippen LogP) is 0.339. The van der Waals surface area contributed by atoms with Crippen molar-refractivity contribution in [2.75, 3.05) is 18.9 Å². The number of amides is 2. The first-order chi connectivity index (χ1) is 9.31. The summed E-state index contributed by atoms with van der Waals surface area (Å²) in [4.78, 5) is 34.3. The highest BCUT2D eigenvalue weighted by Crippen LogP contribution is 2.17. The van der Waals surface area contributed by atoms with E-state index in [1.165, 1.54) is 23.1 Å². The molecule has 1 rings (SSSR count). The largest absolute Gasteiger partial charge is 0.369 e. The van der Waals surface area contributed by atoms with Gasteiger partial charge in [-0.1, -0.05) is 6.07 Å². The summed E-state index contributed by atoms with van der Waals surface area (Å²) in [5, 5.41) is 13.2. The van der Waals surface area contributed by atoms with Crippen molar-refractivity contribution in [1.82, 2.24) is 4.90 Å². The van der Waals surface area contributed by atoms with Gasteiger partial charge in [-0.15, -0.1) is 0 Å². The number of likely N-dealkylation sites (N-methyl/N-ethyl adjacent to an activating group) is 1. The van der Waals surface area contributed by atoms with E-state index in [2.05, 4.69) is 5.32 Å². The minimum atomic E-state index is -0.596. The van der Waals surface area contributed by atoms with Crippen LogP contribution in [-0.2, 0) is 9.59 Å². The fourth-order valence-corrected chi connectivity index (χ4v) is 1.53. The van der Waals surface area contributed by atoms with Crippen molar-refractivity contribution >= 4 is 23.2 Å². The number of anilines is 1. The smallest absolute Gasteiger partial charge is 0.271 e. The normalized spacial score (nSPS) is 11.9. The lowest BCUT2D eigenvalue weighted by Crippen LogP contribution is -2.43. The standard InChI is InChI=1S/C12H16N4O4/c1-8(15(2)7-11(13)17)12(18)14-9-4-3-5-10(6-9)16(19)20/h3-6,8H,7H2,1-2H3,(H2,13,17)(H,14,18)/t8-/m0/s1. The number of nitro benzene ring substituents is 1. The SMILES string of the molecule is C[C@@H](C(=O)Nc1cccc([N+](=O)[O-])c1)N(C)CC(N)=O. The molecule has 1 aromatic carbocycles. The molecule has 0 saturated carbocycles. The van der Waals surface area contributed by atoms with Crippen molar-refractivity contribution in [2.24, 2.45) is 5.73 Å². The molecule has 0 spiro atoms. The zero-order chi connectivity index (χ0) is 15.3. The summed E-state index contributed by atoms with van der Waals surface area (Å²) in [5.74, 6) is -0.920. The topological polar surface area (TPSA) is 119 Å². The third-order valence-electron chi connectivity index (χ3n) is 2.77. The van der Waals surface area contributed by atoms with Crippen molar-refractivity contribution in [2.45, 2.75) is 13.0 Å². The van der Waals surface area contributed by atoms with E-state index in [4.69, 9.17) is 5.73 Å². The lowest BCUT2D eigenvalue weighted by molar-refractivity contribution is -0.384. The van der Waals surface area contributed by atoms with Gasteiger partial charge in [0.15, 0.2) is 0 Å². The number of non-ortho nitro benzene ring substituents is 1. The molecule has 0 aromatic heterocycles. The second-order valence-corrected chi connectivity index (χ2v) is 4.35. The van der Waals surface area contributed by atoms with Crippen LogP contribution < -0.4 is 11.1 Å². The number of hydrogen-bond donors (Lipinski definition) is 2. The number of nitrogens with two attached hydrogens (primary N) is 1. The maximum atomic E-state index is 11.9. The molecule has 108 valence electrons. The number of nitro groups is 1. The molecule has 8 nitrogen and oxygen atoms in total. The third kappa shape index (κ3) is 4.32. The van der Waals surface area contributed by atoms with Crippen LogP contribution in [0.1, 0.15) is 6.92 Å². The maximum absolute atomic E-state index is 11.9. The number of hydrogen-bond acceptors (Lipinski definition) is 5. The molecule has 0 radical (unpaired) electrons. The van der Waals surface area contributed by atoms with Gasteiger partial charge >= 0.3 is 0 Å². The van der Waals surface area contributed by atoms with Gasteiger partial charge in [-0.2, -0.15) is 0 Å². The van der Waals surface area contributed by atoms with Crippen LogP contribution in [0.2, 0.25) is 0 Å². The molecule has 0 aliphatic rings. The van der Waals surface area contributed by atoms with E-state index in [1.807, 2.05) is 0 Å². The average molecular weight is 280 g/mol. The summed E-state index contributed by atoms with van der Waals surface area (Å²) < 4.78 is 0. The number of nitrogens with zero attached hydrogens (tertiary/aromatic N) is 2. The molecular formula is C12H16N4O4. The average Bonchev–Trinajstić information content (AvgIpc) is 2.37. The molecule has 0 unspecified atom stereocenters. The van der Waals surface area contributed by atoms with Crippen molar-refractivity contribution in [3.05, 3.63) is 34.4 Å². The number of primary amides is 1. The van der Waals surface area contributed by atoms with E-state index in [0.717, 1.165) is 0 Å². The number of benzene rings is 1. The molecular weight excluding hydrogens is 264 g/mol. The molecule has 1 atom stereocenters. The zero-order valence-corrected chi connectivity index (χ0v) is 11.2. The lowest BCUT2D eigenvalue weighted by Gasteiger charge is -2.22. The summed E-state index contributed by atoms with van der Waals surface area (Å²) in [5.41, 5.74) is 5.26. The highest BCUT2D eigenvalue weighted by molar-refractivity contribution is 5.95. The first-order valence-corrected chi connectivity index (χ1v) is 5.85. The van der Waals surface area contributed by atoms with Gasteiger partial charge in [0.05, 0.1) is 17.5 Å². The summed E-state index contributed by atoms with van der Waals surface area (Å²) in [6, 6.07) is 5.02. The number of rotatable bonds is 6. The Morgan fingerprint density at radius 2 is 2.15 bits per heavy atom.